The van der Waals surface area contributed by atoms with Crippen molar-refractivity contribution in [3.8, 4) is 5.75 Å². The van der Waals surface area contributed by atoms with Crippen molar-refractivity contribution in [3.63, 3.8) is 0 Å². The molecule has 1 aliphatic heterocycles. The Labute approximate surface area is 149 Å². The summed E-state index contributed by atoms with van der Waals surface area (Å²) in [4.78, 5) is 4.76. The first-order chi connectivity index (χ1) is 11.6. The van der Waals surface area contributed by atoms with Crippen molar-refractivity contribution in [2.75, 3.05) is 33.7 Å². The molecule has 0 spiro atoms. The number of ether oxygens (including phenoxy) is 1. The first-order valence-corrected chi connectivity index (χ1v) is 8.79. The Morgan fingerprint density at radius 3 is 2.58 bits per heavy atom. The molecule has 3 nitrogen and oxygen atoms in total. The first-order valence-electron chi connectivity index (χ1n) is 8.42. The number of halogens is 1. The van der Waals surface area contributed by atoms with Gasteiger partial charge in [0, 0.05) is 31.2 Å². The SMILES string of the molecule is CN(Cc1cccc(OCc2ccc(Cl)cc2)c1)CC1CN(C)C1. The van der Waals surface area contributed by atoms with Crippen LogP contribution in [0.15, 0.2) is 48.5 Å². The van der Waals surface area contributed by atoms with Crippen molar-refractivity contribution in [3.05, 3.63) is 64.7 Å². The van der Waals surface area contributed by atoms with E-state index in [1.54, 1.807) is 0 Å². The van der Waals surface area contributed by atoms with Crippen LogP contribution in [0.4, 0.5) is 0 Å². The molecule has 3 rings (SSSR count). The van der Waals surface area contributed by atoms with Crippen LogP contribution in [0.1, 0.15) is 11.1 Å². The third kappa shape index (κ3) is 4.97. The van der Waals surface area contributed by atoms with Crippen molar-refractivity contribution in [1.82, 2.24) is 9.80 Å². The quantitative estimate of drug-likeness (QED) is 0.757. The molecule has 0 aromatic heterocycles. The van der Waals surface area contributed by atoms with Gasteiger partial charge in [-0.3, -0.25) is 0 Å². The molecule has 2 aromatic rings. The molecule has 24 heavy (non-hydrogen) atoms. The molecular formula is C20H25ClN2O. The topological polar surface area (TPSA) is 15.7 Å². The van der Waals surface area contributed by atoms with Gasteiger partial charge in [-0.25, -0.2) is 0 Å². The van der Waals surface area contributed by atoms with Crippen LogP contribution in [-0.2, 0) is 13.2 Å². The zero-order chi connectivity index (χ0) is 16.9. The van der Waals surface area contributed by atoms with Gasteiger partial charge in [-0.05, 0) is 55.4 Å². The minimum absolute atomic E-state index is 0.560. The summed E-state index contributed by atoms with van der Waals surface area (Å²) in [6, 6.07) is 16.2. The van der Waals surface area contributed by atoms with Crippen molar-refractivity contribution < 1.29 is 4.74 Å². The van der Waals surface area contributed by atoms with Gasteiger partial charge in [0.2, 0.25) is 0 Å². The highest BCUT2D eigenvalue weighted by atomic mass is 35.5. The van der Waals surface area contributed by atoms with Crippen LogP contribution in [-0.4, -0.2) is 43.5 Å². The Bertz CT molecular complexity index is 653. The van der Waals surface area contributed by atoms with E-state index in [1.807, 2.05) is 30.3 Å². The molecule has 128 valence electrons. The second-order valence-corrected chi connectivity index (χ2v) is 7.28. The van der Waals surface area contributed by atoms with E-state index in [0.717, 1.165) is 35.3 Å². The monoisotopic (exact) mass is 344 g/mol. The van der Waals surface area contributed by atoms with E-state index >= 15 is 0 Å². The molecule has 0 N–H and O–H groups in total. The predicted octanol–water partition coefficient (Wildman–Crippen LogP) is 3.91. The second-order valence-electron chi connectivity index (χ2n) is 6.85. The predicted molar refractivity (Wildman–Crippen MR) is 99.5 cm³/mol. The lowest BCUT2D eigenvalue weighted by Gasteiger charge is -2.38. The molecule has 0 atom stereocenters. The largest absolute Gasteiger partial charge is 0.489 e. The van der Waals surface area contributed by atoms with Gasteiger partial charge in [-0.2, -0.15) is 0 Å². The normalized spacial score (nSPS) is 15.5. The van der Waals surface area contributed by atoms with Gasteiger partial charge in [-0.15, -0.1) is 0 Å². The van der Waals surface area contributed by atoms with Crippen LogP contribution < -0.4 is 4.74 Å². The minimum Gasteiger partial charge on any atom is -0.489 e. The smallest absolute Gasteiger partial charge is 0.120 e. The average molecular weight is 345 g/mol. The molecule has 1 heterocycles. The van der Waals surface area contributed by atoms with Crippen LogP contribution in [0.3, 0.4) is 0 Å². The van der Waals surface area contributed by atoms with Crippen molar-refractivity contribution in [2.24, 2.45) is 5.92 Å². The lowest BCUT2D eigenvalue weighted by atomic mass is 10.0. The van der Waals surface area contributed by atoms with Crippen LogP contribution >= 0.6 is 11.6 Å². The third-order valence-corrected chi connectivity index (χ3v) is 4.63. The van der Waals surface area contributed by atoms with E-state index in [1.165, 1.54) is 18.7 Å². The van der Waals surface area contributed by atoms with Crippen LogP contribution in [0, 0.1) is 5.92 Å². The molecule has 1 saturated heterocycles. The standard InChI is InChI=1S/C20H25ClN2O/c1-22(12-18-13-23(2)14-18)11-17-4-3-5-20(10-17)24-15-16-6-8-19(21)9-7-16/h3-10,18H,11-15H2,1-2H3. The van der Waals surface area contributed by atoms with Crippen molar-refractivity contribution in [1.29, 1.82) is 0 Å². The number of hydrogen-bond donors (Lipinski definition) is 0. The fraction of sp³-hybridized carbons (Fsp3) is 0.400. The van der Waals surface area contributed by atoms with Gasteiger partial charge in [0.1, 0.15) is 12.4 Å². The summed E-state index contributed by atoms with van der Waals surface area (Å²) in [5, 5.41) is 0.751. The van der Waals surface area contributed by atoms with Crippen LogP contribution in [0.5, 0.6) is 5.75 Å². The molecular weight excluding hydrogens is 320 g/mol. The molecule has 0 bridgehead atoms. The number of likely N-dealkylation sites (tertiary alicyclic amines) is 1. The zero-order valence-electron chi connectivity index (χ0n) is 14.4. The van der Waals surface area contributed by atoms with Gasteiger partial charge >= 0.3 is 0 Å². The lowest BCUT2D eigenvalue weighted by Crippen LogP contribution is -2.48. The van der Waals surface area contributed by atoms with Gasteiger partial charge in [0.25, 0.3) is 0 Å². The maximum atomic E-state index is 5.91. The summed E-state index contributed by atoms with van der Waals surface area (Å²) >= 11 is 5.91. The molecule has 4 heteroatoms. The highest BCUT2D eigenvalue weighted by Gasteiger charge is 2.24. The Hall–Kier alpha value is -1.55. The Kier molecular flexibility index (Phi) is 5.77. The van der Waals surface area contributed by atoms with Crippen molar-refractivity contribution >= 4 is 11.6 Å². The molecule has 0 radical (unpaired) electrons. The fourth-order valence-electron chi connectivity index (χ4n) is 3.24. The summed E-state index contributed by atoms with van der Waals surface area (Å²) in [5.41, 5.74) is 2.41. The number of hydrogen-bond acceptors (Lipinski definition) is 3. The van der Waals surface area contributed by atoms with E-state index in [4.69, 9.17) is 16.3 Å². The molecule has 0 unspecified atom stereocenters. The summed E-state index contributed by atoms with van der Waals surface area (Å²) < 4.78 is 5.91. The van der Waals surface area contributed by atoms with E-state index < -0.39 is 0 Å². The van der Waals surface area contributed by atoms with Gasteiger partial charge < -0.3 is 14.5 Å². The number of benzene rings is 2. The van der Waals surface area contributed by atoms with E-state index in [-0.39, 0.29) is 0 Å². The molecule has 1 aliphatic rings. The van der Waals surface area contributed by atoms with E-state index in [0.29, 0.717) is 6.61 Å². The summed E-state index contributed by atoms with van der Waals surface area (Å²) in [5.74, 6) is 1.73. The molecule has 0 amide bonds. The van der Waals surface area contributed by atoms with Crippen LogP contribution in [0.2, 0.25) is 5.02 Å². The van der Waals surface area contributed by atoms with Gasteiger partial charge in [0.05, 0.1) is 0 Å². The second kappa shape index (κ2) is 8.02. The summed E-state index contributed by atoms with van der Waals surface area (Å²) in [6.45, 7) is 5.10. The Morgan fingerprint density at radius 2 is 1.88 bits per heavy atom. The highest BCUT2D eigenvalue weighted by molar-refractivity contribution is 6.30. The van der Waals surface area contributed by atoms with Crippen molar-refractivity contribution in [2.45, 2.75) is 13.2 Å². The van der Waals surface area contributed by atoms with Gasteiger partial charge in [0.15, 0.2) is 0 Å². The van der Waals surface area contributed by atoms with E-state index in [2.05, 4.69) is 42.1 Å². The van der Waals surface area contributed by atoms with E-state index in [9.17, 15) is 0 Å². The number of rotatable bonds is 7. The minimum atomic E-state index is 0.560. The lowest BCUT2D eigenvalue weighted by molar-refractivity contribution is 0.0979. The highest BCUT2D eigenvalue weighted by Crippen LogP contribution is 2.19. The molecule has 1 fully saturated rings. The third-order valence-electron chi connectivity index (χ3n) is 4.38. The number of nitrogens with zero attached hydrogens (tertiary/aromatic N) is 2. The van der Waals surface area contributed by atoms with Gasteiger partial charge in [-0.1, -0.05) is 35.9 Å². The van der Waals surface area contributed by atoms with Crippen LogP contribution in [0.25, 0.3) is 0 Å². The molecule has 0 aliphatic carbocycles. The first kappa shape index (κ1) is 17.3. The maximum Gasteiger partial charge on any atom is 0.120 e. The fourth-order valence-corrected chi connectivity index (χ4v) is 3.37. The Morgan fingerprint density at radius 1 is 1.12 bits per heavy atom. The average Bonchev–Trinajstić information content (AvgIpc) is 2.53. The Balaban J connectivity index is 1.50. The molecule has 0 saturated carbocycles. The zero-order valence-corrected chi connectivity index (χ0v) is 15.2. The summed E-state index contributed by atoms with van der Waals surface area (Å²) in [6.07, 6.45) is 0. The maximum absolute atomic E-state index is 5.91. The summed E-state index contributed by atoms with van der Waals surface area (Å²) in [7, 11) is 4.37. The molecule has 2 aromatic carbocycles.